The molecule has 0 aromatic carbocycles. The molecule has 0 spiro atoms. The van der Waals surface area contributed by atoms with Crippen LogP contribution in [0.2, 0.25) is 0 Å². The summed E-state index contributed by atoms with van der Waals surface area (Å²) in [5, 5.41) is 18.7. The highest BCUT2D eigenvalue weighted by molar-refractivity contribution is 4.96. The van der Waals surface area contributed by atoms with Gasteiger partial charge < -0.3 is 24.4 Å². The second-order valence-corrected chi connectivity index (χ2v) is 3.91. The number of aliphatic hydroxyl groups excluding tert-OH is 1. The van der Waals surface area contributed by atoms with Crippen molar-refractivity contribution < 1.29 is 24.4 Å². The molecule has 0 aromatic heterocycles. The molecule has 0 saturated carbocycles. The monoisotopic (exact) mass is 190 g/mol. The van der Waals surface area contributed by atoms with E-state index in [2.05, 4.69) is 0 Å². The predicted octanol–water partition coefficient (Wildman–Crippen LogP) is -0.782. The molecule has 2 N–H and O–H groups in total. The van der Waals surface area contributed by atoms with Gasteiger partial charge in [-0.05, 0) is 13.8 Å². The van der Waals surface area contributed by atoms with Gasteiger partial charge in [-0.15, -0.1) is 0 Å². The zero-order valence-electron chi connectivity index (χ0n) is 7.69. The maximum atomic E-state index is 9.73. The maximum Gasteiger partial charge on any atom is 0.219 e. The molecule has 2 fully saturated rings. The van der Waals surface area contributed by atoms with Crippen LogP contribution in [0.3, 0.4) is 0 Å². The van der Waals surface area contributed by atoms with Gasteiger partial charge in [0.2, 0.25) is 5.79 Å². The van der Waals surface area contributed by atoms with Crippen LogP contribution in [0.1, 0.15) is 13.8 Å². The van der Waals surface area contributed by atoms with E-state index in [9.17, 15) is 5.11 Å². The Balaban J connectivity index is 2.16. The highest BCUT2D eigenvalue weighted by Crippen LogP contribution is 2.39. The highest BCUT2D eigenvalue weighted by atomic mass is 16.8. The summed E-state index contributed by atoms with van der Waals surface area (Å²) in [6.07, 6.45) is -0.875. The fraction of sp³-hybridized carbons (Fsp3) is 1.00. The molecule has 1 unspecified atom stereocenters. The van der Waals surface area contributed by atoms with Crippen molar-refractivity contribution in [1.82, 2.24) is 0 Å². The van der Waals surface area contributed by atoms with Crippen LogP contribution in [-0.2, 0) is 14.2 Å². The number of rotatable bonds is 1. The summed E-state index contributed by atoms with van der Waals surface area (Å²) in [6.45, 7) is 3.31. The van der Waals surface area contributed by atoms with E-state index < -0.39 is 24.3 Å². The van der Waals surface area contributed by atoms with E-state index in [-0.39, 0.29) is 12.7 Å². The molecule has 0 radical (unpaired) electrons. The lowest BCUT2D eigenvalue weighted by atomic mass is 10.1. The van der Waals surface area contributed by atoms with Crippen LogP contribution in [0.15, 0.2) is 0 Å². The molecule has 0 aromatic rings. The van der Waals surface area contributed by atoms with Crippen molar-refractivity contribution in [3.63, 3.8) is 0 Å². The molecule has 2 aliphatic rings. The zero-order valence-corrected chi connectivity index (χ0v) is 7.69. The van der Waals surface area contributed by atoms with Gasteiger partial charge in [-0.25, -0.2) is 0 Å². The van der Waals surface area contributed by atoms with Crippen LogP contribution >= 0.6 is 0 Å². The van der Waals surface area contributed by atoms with Crippen molar-refractivity contribution in [3.05, 3.63) is 0 Å². The Hall–Kier alpha value is -0.200. The fourth-order valence-electron chi connectivity index (χ4n) is 1.78. The summed E-state index contributed by atoms with van der Waals surface area (Å²) < 4.78 is 15.9. The standard InChI is InChI=1S/C8H14O5/c1-7(2)12-5-3-11-8(10,4-9)6(5)13-7/h5-6,9-10H,3-4H2,1-2H3/t5-,6-,8?/m0/s1. The molecule has 76 valence electrons. The van der Waals surface area contributed by atoms with E-state index >= 15 is 0 Å². The van der Waals surface area contributed by atoms with E-state index in [1.54, 1.807) is 13.8 Å². The van der Waals surface area contributed by atoms with Gasteiger partial charge in [0.1, 0.15) is 12.2 Å². The first-order valence-corrected chi connectivity index (χ1v) is 4.30. The van der Waals surface area contributed by atoms with Gasteiger partial charge in [-0.2, -0.15) is 0 Å². The Morgan fingerprint density at radius 2 is 2.08 bits per heavy atom. The van der Waals surface area contributed by atoms with Gasteiger partial charge in [0, 0.05) is 0 Å². The van der Waals surface area contributed by atoms with Crippen LogP contribution in [0.25, 0.3) is 0 Å². The number of ether oxygens (including phenoxy) is 3. The van der Waals surface area contributed by atoms with Crippen molar-refractivity contribution in [2.75, 3.05) is 13.2 Å². The Morgan fingerprint density at radius 3 is 2.69 bits per heavy atom. The quantitative estimate of drug-likeness (QED) is 0.567. The zero-order chi connectivity index (χ0) is 9.69. The highest BCUT2D eigenvalue weighted by Gasteiger charge is 2.57. The predicted molar refractivity (Wildman–Crippen MR) is 41.8 cm³/mol. The van der Waals surface area contributed by atoms with Gasteiger partial charge in [0.25, 0.3) is 0 Å². The molecule has 2 heterocycles. The summed E-state index contributed by atoms with van der Waals surface area (Å²) in [7, 11) is 0. The van der Waals surface area contributed by atoms with Crippen LogP contribution in [0, 0.1) is 0 Å². The van der Waals surface area contributed by atoms with Crippen molar-refractivity contribution in [3.8, 4) is 0 Å². The smallest absolute Gasteiger partial charge is 0.219 e. The SMILES string of the molecule is CC1(C)O[C@H]2COC(O)(CO)[C@H]2O1. The molecule has 3 atom stereocenters. The molecular weight excluding hydrogens is 176 g/mol. The first kappa shape index (κ1) is 9.36. The first-order chi connectivity index (χ1) is 5.97. The van der Waals surface area contributed by atoms with Crippen molar-refractivity contribution in [2.24, 2.45) is 0 Å². The molecule has 5 heteroatoms. The molecular formula is C8H14O5. The van der Waals surface area contributed by atoms with Crippen LogP contribution in [-0.4, -0.2) is 47.2 Å². The lowest BCUT2D eigenvalue weighted by molar-refractivity contribution is -0.270. The topological polar surface area (TPSA) is 68.2 Å². The molecule has 0 aliphatic carbocycles. The summed E-state index contributed by atoms with van der Waals surface area (Å²) >= 11 is 0. The minimum Gasteiger partial charge on any atom is -0.391 e. The summed E-state index contributed by atoms with van der Waals surface area (Å²) in [5.41, 5.74) is 0. The van der Waals surface area contributed by atoms with Gasteiger partial charge in [-0.1, -0.05) is 0 Å². The average molecular weight is 190 g/mol. The summed E-state index contributed by atoms with van der Waals surface area (Å²) in [4.78, 5) is 0. The van der Waals surface area contributed by atoms with E-state index in [0.717, 1.165) is 0 Å². The number of fused-ring (bicyclic) bond motifs is 1. The minimum atomic E-state index is -1.60. The first-order valence-electron chi connectivity index (χ1n) is 4.30. The van der Waals surface area contributed by atoms with Crippen LogP contribution < -0.4 is 0 Å². The lowest BCUT2D eigenvalue weighted by Crippen LogP contribution is -2.46. The summed E-state index contributed by atoms with van der Waals surface area (Å²) in [6, 6.07) is 0. The fourth-order valence-corrected chi connectivity index (χ4v) is 1.78. The Labute approximate surface area is 76.2 Å². The second kappa shape index (κ2) is 2.65. The molecule has 13 heavy (non-hydrogen) atoms. The van der Waals surface area contributed by atoms with Crippen LogP contribution in [0.5, 0.6) is 0 Å². The Morgan fingerprint density at radius 1 is 1.38 bits per heavy atom. The van der Waals surface area contributed by atoms with E-state index in [1.165, 1.54) is 0 Å². The molecule has 0 amide bonds. The normalized spacial score (nSPS) is 48.0. The molecule has 2 rings (SSSR count). The van der Waals surface area contributed by atoms with Crippen molar-refractivity contribution in [2.45, 2.75) is 37.6 Å². The second-order valence-electron chi connectivity index (χ2n) is 3.91. The average Bonchev–Trinajstić information content (AvgIpc) is 2.49. The largest absolute Gasteiger partial charge is 0.391 e. The molecule has 2 saturated heterocycles. The third-order valence-corrected chi connectivity index (χ3v) is 2.35. The molecule has 2 aliphatic heterocycles. The molecule has 0 bridgehead atoms. The van der Waals surface area contributed by atoms with Gasteiger partial charge in [0.15, 0.2) is 5.79 Å². The minimum absolute atomic E-state index is 0.255. The van der Waals surface area contributed by atoms with Gasteiger partial charge in [0.05, 0.1) is 13.2 Å². The van der Waals surface area contributed by atoms with E-state index in [0.29, 0.717) is 0 Å². The third-order valence-electron chi connectivity index (χ3n) is 2.35. The van der Waals surface area contributed by atoms with Gasteiger partial charge in [-0.3, -0.25) is 0 Å². The number of aliphatic hydroxyl groups is 2. The number of hydrogen-bond donors (Lipinski definition) is 2. The third kappa shape index (κ3) is 1.37. The molecule has 5 nitrogen and oxygen atoms in total. The van der Waals surface area contributed by atoms with Crippen molar-refractivity contribution in [1.29, 1.82) is 0 Å². The van der Waals surface area contributed by atoms with Gasteiger partial charge >= 0.3 is 0 Å². The Bertz CT molecular complexity index is 217. The van der Waals surface area contributed by atoms with Crippen molar-refractivity contribution >= 4 is 0 Å². The summed E-state index contributed by atoms with van der Waals surface area (Å²) in [5.74, 6) is -2.30. The Kier molecular flexibility index (Phi) is 1.91. The van der Waals surface area contributed by atoms with E-state index in [1.807, 2.05) is 0 Å². The maximum absolute atomic E-state index is 9.73. The number of hydrogen-bond acceptors (Lipinski definition) is 5. The lowest BCUT2D eigenvalue weighted by Gasteiger charge is -2.26. The van der Waals surface area contributed by atoms with Crippen LogP contribution in [0.4, 0.5) is 0 Å². The van der Waals surface area contributed by atoms with E-state index in [4.69, 9.17) is 19.3 Å².